The third kappa shape index (κ3) is 2.59. The first-order chi connectivity index (χ1) is 11.1. The minimum absolute atomic E-state index is 0.102. The molecular formula is C15H10Cl2N4OS. The summed E-state index contributed by atoms with van der Waals surface area (Å²) in [6, 6.07) is 9.59. The van der Waals surface area contributed by atoms with Gasteiger partial charge >= 0.3 is 0 Å². The lowest BCUT2D eigenvalue weighted by Gasteiger charge is -2.19. The molecule has 1 aliphatic rings. The fraction of sp³-hybridized carbons (Fsp3) is 0. The third-order valence-electron chi connectivity index (χ3n) is 3.43. The Morgan fingerprint density at radius 1 is 1.17 bits per heavy atom. The maximum absolute atomic E-state index is 10.1. The highest BCUT2D eigenvalue weighted by Crippen LogP contribution is 2.46. The van der Waals surface area contributed by atoms with E-state index in [-0.39, 0.29) is 10.8 Å². The maximum atomic E-state index is 10.1. The summed E-state index contributed by atoms with van der Waals surface area (Å²) < 4.78 is 3.07. The van der Waals surface area contributed by atoms with E-state index in [4.69, 9.17) is 23.2 Å². The lowest BCUT2D eigenvalue weighted by molar-refractivity contribution is 0.475. The Morgan fingerprint density at radius 2 is 2.04 bits per heavy atom. The largest absolute Gasteiger partial charge is 0.504 e. The first-order valence-corrected chi connectivity index (χ1v) is 8.26. The standard InChI is InChI=1S/C15H10Cl2N4OS/c16-9-6-11-13(14(22)12(9)17)20-15(21-23-11)19-8-1-2-10-7(5-8)3-4-18-10/h1-6,18,22H,(H2,19,20,21). The second-order valence-electron chi connectivity index (χ2n) is 4.94. The summed E-state index contributed by atoms with van der Waals surface area (Å²) in [6.45, 7) is 0. The number of phenolic OH excluding ortho intramolecular Hbond substituents is 1. The van der Waals surface area contributed by atoms with Gasteiger partial charge in [-0.3, -0.25) is 4.72 Å². The number of halogens is 2. The molecule has 0 atom stereocenters. The van der Waals surface area contributed by atoms with Gasteiger partial charge in [-0.2, -0.15) is 0 Å². The molecule has 2 heterocycles. The number of hydrogen-bond acceptors (Lipinski definition) is 5. The Hall–Kier alpha value is -2.02. The molecule has 3 aromatic rings. The number of aromatic hydroxyl groups is 1. The third-order valence-corrected chi connectivity index (χ3v) is 5.03. The van der Waals surface area contributed by atoms with Gasteiger partial charge in [0.15, 0.2) is 5.75 Å². The molecule has 4 rings (SSSR count). The van der Waals surface area contributed by atoms with Gasteiger partial charge in [0.05, 0.1) is 9.92 Å². The van der Waals surface area contributed by atoms with Crippen LogP contribution in [0, 0.1) is 0 Å². The van der Waals surface area contributed by atoms with Crippen molar-refractivity contribution in [3.05, 3.63) is 46.6 Å². The molecule has 0 aliphatic carbocycles. The molecule has 8 heteroatoms. The van der Waals surface area contributed by atoms with Crippen LogP contribution in [0.3, 0.4) is 0 Å². The molecule has 0 bridgehead atoms. The van der Waals surface area contributed by atoms with Crippen molar-refractivity contribution in [2.24, 2.45) is 4.99 Å². The zero-order valence-corrected chi connectivity index (χ0v) is 13.9. The van der Waals surface area contributed by atoms with Crippen LogP contribution in [0.5, 0.6) is 5.75 Å². The van der Waals surface area contributed by atoms with Crippen molar-refractivity contribution in [1.29, 1.82) is 0 Å². The van der Waals surface area contributed by atoms with Crippen molar-refractivity contribution < 1.29 is 5.11 Å². The molecule has 1 aromatic heterocycles. The molecule has 2 aromatic carbocycles. The molecule has 0 unspecified atom stereocenters. The summed E-state index contributed by atoms with van der Waals surface area (Å²) in [7, 11) is 0. The number of rotatable bonds is 1. The second kappa shape index (κ2) is 5.56. The van der Waals surface area contributed by atoms with E-state index in [0.717, 1.165) is 16.6 Å². The Kier molecular flexibility index (Phi) is 3.52. The van der Waals surface area contributed by atoms with Gasteiger partial charge in [0.25, 0.3) is 0 Å². The maximum Gasteiger partial charge on any atom is 0.211 e. The predicted molar refractivity (Wildman–Crippen MR) is 96.1 cm³/mol. The predicted octanol–water partition coefficient (Wildman–Crippen LogP) is 4.89. The monoisotopic (exact) mass is 364 g/mol. The van der Waals surface area contributed by atoms with Gasteiger partial charge in [0.1, 0.15) is 10.7 Å². The minimum Gasteiger partial charge on any atom is -0.504 e. The van der Waals surface area contributed by atoms with Gasteiger partial charge in [-0.05, 0) is 42.3 Å². The van der Waals surface area contributed by atoms with Crippen LogP contribution in [0.4, 0.5) is 11.4 Å². The van der Waals surface area contributed by atoms with Crippen molar-refractivity contribution in [1.82, 2.24) is 9.71 Å². The SMILES string of the molecule is Oc1c(Cl)c(Cl)cc2c1N=C(Nc1ccc3[nH]ccc3c1)NS2. The van der Waals surface area contributed by atoms with Crippen LogP contribution in [0.15, 0.2) is 46.4 Å². The summed E-state index contributed by atoms with van der Waals surface area (Å²) in [4.78, 5) is 8.24. The van der Waals surface area contributed by atoms with Crippen LogP contribution in [0.25, 0.3) is 10.9 Å². The van der Waals surface area contributed by atoms with Crippen LogP contribution in [-0.4, -0.2) is 16.1 Å². The van der Waals surface area contributed by atoms with Gasteiger partial charge in [-0.1, -0.05) is 23.2 Å². The number of guanidine groups is 1. The van der Waals surface area contributed by atoms with E-state index in [1.54, 1.807) is 6.07 Å². The molecule has 23 heavy (non-hydrogen) atoms. The normalized spacial score (nSPS) is 13.4. The van der Waals surface area contributed by atoms with Crippen LogP contribution in [-0.2, 0) is 0 Å². The molecule has 1 aliphatic heterocycles. The van der Waals surface area contributed by atoms with Crippen molar-refractivity contribution in [2.45, 2.75) is 4.90 Å². The molecule has 0 saturated heterocycles. The summed E-state index contributed by atoms with van der Waals surface area (Å²) in [5.41, 5.74) is 2.34. The Labute approximate surface area is 145 Å². The zero-order chi connectivity index (χ0) is 16.0. The Bertz CT molecular complexity index is 954. The van der Waals surface area contributed by atoms with E-state index in [9.17, 15) is 5.11 Å². The molecule has 4 N–H and O–H groups in total. The number of hydrogen-bond donors (Lipinski definition) is 4. The number of aromatic amines is 1. The number of anilines is 1. The molecule has 0 radical (unpaired) electrons. The highest BCUT2D eigenvalue weighted by Gasteiger charge is 2.20. The second-order valence-corrected chi connectivity index (χ2v) is 6.57. The van der Waals surface area contributed by atoms with Gasteiger partial charge in [-0.15, -0.1) is 0 Å². The van der Waals surface area contributed by atoms with Gasteiger partial charge in [-0.25, -0.2) is 4.99 Å². The van der Waals surface area contributed by atoms with E-state index in [1.807, 2.05) is 30.5 Å². The number of aliphatic imine (C=N–C) groups is 1. The average molecular weight is 365 g/mol. The molecule has 0 saturated carbocycles. The molecule has 5 nitrogen and oxygen atoms in total. The Balaban J connectivity index is 1.69. The van der Waals surface area contributed by atoms with E-state index in [2.05, 4.69) is 20.0 Å². The number of fused-ring (bicyclic) bond motifs is 2. The number of H-pyrrole nitrogens is 1. The molecular weight excluding hydrogens is 355 g/mol. The topological polar surface area (TPSA) is 72.4 Å². The van der Waals surface area contributed by atoms with Crippen LogP contribution in [0.1, 0.15) is 0 Å². The highest BCUT2D eigenvalue weighted by atomic mass is 35.5. The Morgan fingerprint density at radius 3 is 2.91 bits per heavy atom. The van der Waals surface area contributed by atoms with Crippen LogP contribution >= 0.6 is 35.1 Å². The number of nitrogens with one attached hydrogen (secondary N) is 3. The molecule has 116 valence electrons. The van der Waals surface area contributed by atoms with Gasteiger partial charge in [0.2, 0.25) is 5.96 Å². The molecule has 0 fully saturated rings. The van der Waals surface area contributed by atoms with Crippen molar-refractivity contribution in [3.8, 4) is 5.75 Å². The van der Waals surface area contributed by atoms with Crippen molar-refractivity contribution in [3.63, 3.8) is 0 Å². The summed E-state index contributed by atoms with van der Waals surface area (Å²) in [6.07, 6.45) is 1.89. The number of nitrogens with zero attached hydrogens (tertiary/aromatic N) is 1. The van der Waals surface area contributed by atoms with Crippen molar-refractivity contribution >= 4 is 63.4 Å². The fourth-order valence-electron chi connectivity index (χ4n) is 2.33. The van der Waals surface area contributed by atoms with Gasteiger partial charge < -0.3 is 15.4 Å². The fourth-order valence-corrected chi connectivity index (χ4v) is 3.45. The number of benzene rings is 2. The van der Waals surface area contributed by atoms with E-state index in [1.165, 1.54) is 11.9 Å². The van der Waals surface area contributed by atoms with E-state index in [0.29, 0.717) is 21.6 Å². The van der Waals surface area contributed by atoms with Crippen LogP contribution < -0.4 is 10.0 Å². The number of aromatic nitrogens is 1. The quantitative estimate of drug-likeness (QED) is 0.464. The smallest absolute Gasteiger partial charge is 0.211 e. The summed E-state index contributed by atoms with van der Waals surface area (Å²) in [5, 5.41) is 14.8. The summed E-state index contributed by atoms with van der Waals surface area (Å²) >= 11 is 13.2. The minimum atomic E-state index is -0.122. The molecule has 0 amide bonds. The first-order valence-electron chi connectivity index (χ1n) is 6.68. The first kappa shape index (κ1) is 14.6. The lowest BCUT2D eigenvalue weighted by atomic mass is 10.2. The summed E-state index contributed by atoms with van der Waals surface area (Å²) in [5.74, 6) is 0.384. The van der Waals surface area contributed by atoms with Crippen molar-refractivity contribution in [2.75, 3.05) is 5.32 Å². The van der Waals surface area contributed by atoms with Gasteiger partial charge in [0, 0.05) is 22.8 Å². The highest BCUT2D eigenvalue weighted by molar-refractivity contribution is 7.98. The average Bonchev–Trinajstić information content (AvgIpc) is 3.01. The number of phenols is 1. The zero-order valence-electron chi connectivity index (χ0n) is 11.5. The van der Waals surface area contributed by atoms with Crippen LogP contribution in [0.2, 0.25) is 10.0 Å². The lowest BCUT2D eigenvalue weighted by Crippen LogP contribution is -2.26. The van der Waals surface area contributed by atoms with E-state index < -0.39 is 0 Å². The molecule has 0 spiro atoms. The van der Waals surface area contributed by atoms with E-state index >= 15 is 0 Å².